The Morgan fingerprint density at radius 2 is 1.54 bits per heavy atom. The van der Waals surface area contributed by atoms with Crippen molar-refractivity contribution in [3.05, 3.63) is 65.3 Å². The van der Waals surface area contributed by atoms with Gasteiger partial charge in [-0.3, -0.25) is 14.6 Å². The van der Waals surface area contributed by atoms with Crippen LogP contribution in [0.3, 0.4) is 0 Å². The highest BCUT2D eigenvalue weighted by Gasteiger charge is 2.16. The zero-order valence-corrected chi connectivity index (χ0v) is 13.6. The average Bonchev–Trinajstić information content (AvgIpc) is 2.59. The van der Waals surface area contributed by atoms with Crippen LogP contribution < -0.4 is 10.6 Å². The van der Waals surface area contributed by atoms with Gasteiger partial charge in [0.05, 0.1) is 11.2 Å². The molecule has 2 amide bonds. The number of fused-ring (bicyclic) bond motifs is 1. The Bertz CT molecular complexity index is 935. The molecule has 3 rings (SSSR count). The molecule has 1 heterocycles. The fourth-order valence-corrected chi connectivity index (χ4v) is 2.48. The molecule has 0 radical (unpaired) electrons. The minimum absolute atomic E-state index is 0.482. The highest BCUT2D eigenvalue weighted by atomic mass is 35.5. The second-order valence-corrected chi connectivity index (χ2v) is 5.61. The molecule has 2 N–H and O–H groups in total. The van der Waals surface area contributed by atoms with Crippen LogP contribution in [-0.2, 0) is 9.59 Å². The van der Waals surface area contributed by atoms with Crippen molar-refractivity contribution in [2.24, 2.45) is 0 Å². The number of amides is 2. The van der Waals surface area contributed by atoms with Gasteiger partial charge >= 0.3 is 11.8 Å². The molecule has 0 aliphatic rings. The van der Waals surface area contributed by atoms with Gasteiger partial charge in [0, 0.05) is 22.3 Å². The number of rotatable bonds is 2. The third kappa shape index (κ3) is 3.21. The maximum Gasteiger partial charge on any atom is 0.314 e. The lowest BCUT2D eigenvalue weighted by Crippen LogP contribution is -2.29. The predicted molar refractivity (Wildman–Crippen MR) is 95.2 cm³/mol. The summed E-state index contributed by atoms with van der Waals surface area (Å²) in [5.74, 6) is -1.54. The number of halogens is 1. The Morgan fingerprint density at radius 3 is 2.33 bits per heavy atom. The van der Waals surface area contributed by atoms with Crippen molar-refractivity contribution < 1.29 is 9.59 Å². The van der Waals surface area contributed by atoms with Crippen molar-refractivity contribution in [2.45, 2.75) is 6.92 Å². The molecule has 0 saturated carbocycles. The van der Waals surface area contributed by atoms with E-state index in [1.165, 1.54) is 0 Å². The van der Waals surface area contributed by atoms with Crippen LogP contribution in [0.5, 0.6) is 0 Å². The van der Waals surface area contributed by atoms with Gasteiger partial charge in [0.15, 0.2) is 0 Å². The Kier molecular flexibility index (Phi) is 4.44. The van der Waals surface area contributed by atoms with Gasteiger partial charge in [-0.05, 0) is 36.8 Å². The molecule has 120 valence electrons. The van der Waals surface area contributed by atoms with Gasteiger partial charge in [-0.1, -0.05) is 35.9 Å². The summed E-state index contributed by atoms with van der Waals surface area (Å²) in [6.45, 7) is 1.77. The molecule has 0 atom stereocenters. The molecule has 3 aromatic rings. The van der Waals surface area contributed by atoms with Crippen molar-refractivity contribution in [3.63, 3.8) is 0 Å². The number of hydrogen-bond donors (Lipinski definition) is 2. The molecule has 0 spiro atoms. The van der Waals surface area contributed by atoms with E-state index in [9.17, 15) is 9.59 Å². The van der Waals surface area contributed by atoms with Crippen LogP contribution in [0.1, 0.15) is 5.56 Å². The molecule has 0 saturated heterocycles. The Morgan fingerprint density at radius 1 is 0.917 bits per heavy atom. The number of hydrogen-bond acceptors (Lipinski definition) is 3. The Balaban J connectivity index is 1.79. The lowest BCUT2D eigenvalue weighted by Gasteiger charge is -2.10. The molecule has 0 aliphatic heterocycles. The lowest BCUT2D eigenvalue weighted by molar-refractivity contribution is -0.132. The molecule has 0 fully saturated rings. The van der Waals surface area contributed by atoms with E-state index in [2.05, 4.69) is 15.6 Å². The molecule has 2 aromatic carbocycles. The van der Waals surface area contributed by atoms with Gasteiger partial charge in [0.25, 0.3) is 0 Å². The van der Waals surface area contributed by atoms with E-state index in [1.807, 2.05) is 18.2 Å². The topological polar surface area (TPSA) is 71.1 Å². The normalized spacial score (nSPS) is 10.4. The smallest absolute Gasteiger partial charge is 0.314 e. The van der Waals surface area contributed by atoms with Gasteiger partial charge < -0.3 is 10.6 Å². The van der Waals surface area contributed by atoms with E-state index in [0.717, 1.165) is 5.39 Å². The number of carbonyl (C=O) groups is 2. The summed E-state index contributed by atoms with van der Waals surface area (Å²) in [6.07, 6.45) is 1.63. The number of para-hydroxylation sites is 1. The van der Waals surface area contributed by atoms with Crippen LogP contribution in [-0.4, -0.2) is 16.8 Å². The summed E-state index contributed by atoms with van der Waals surface area (Å²) in [5, 5.41) is 6.55. The summed E-state index contributed by atoms with van der Waals surface area (Å²) >= 11 is 6.01. The van der Waals surface area contributed by atoms with Crippen molar-refractivity contribution in [1.82, 2.24) is 4.98 Å². The van der Waals surface area contributed by atoms with E-state index in [1.54, 1.807) is 43.5 Å². The van der Waals surface area contributed by atoms with E-state index >= 15 is 0 Å². The standard InChI is InChI=1S/C18H14ClN3O2/c1-11-13(19)7-3-8-14(11)21-17(23)18(24)22-15-9-2-5-12-6-4-10-20-16(12)15/h2-10H,1H3,(H,21,23)(H,22,24). The molecule has 0 unspecified atom stereocenters. The molecule has 24 heavy (non-hydrogen) atoms. The van der Waals surface area contributed by atoms with E-state index in [-0.39, 0.29) is 0 Å². The minimum Gasteiger partial charge on any atom is -0.317 e. The van der Waals surface area contributed by atoms with Crippen LogP contribution in [0, 0.1) is 6.92 Å². The number of aromatic nitrogens is 1. The monoisotopic (exact) mass is 339 g/mol. The molecule has 5 nitrogen and oxygen atoms in total. The van der Waals surface area contributed by atoms with Crippen molar-refractivity contribution in [2.75, 3.05) is 10.6 Å². The summed E-state index contributed by atoms with van der Waals surface area (Å²) in [5.41, 5.74) is 2.31. The van der Waals surface area contributed by atoms with Crippen molar-refractivity contribution >= 4 is 45.7 Å². The van der Waals surface area contributed by atoms with Crippen LogP contribution in [0.25, 0.3) is 10.9 Å². The molecule has 6 heteroatoms. The molecular weight excluding hydrogens is 326 g/mol. The van der Waals surface area contributed by atoms with Gasteiger partial charge in [-0.15, -0.1) is 0 Å². The molecule has 0 aliphatic carbocycles. The Hall–Kier alpha value is -2.92. The minimum atomic E-state index is -0.771. The average molecular weight is 340 g/mol. The second kappa shape index (κ2) is 6.68. The van der Waals surface area contributed by atoms with E-state index in [0.29, 0.717) is 27.5 Å². The molecule has 1 aromatic heterocycles. The largest absolute Gasteiger partial charge is 0.317 e. The predicted octanol–water partition coefficient (Wildman–Crippen LogP) is 3.77. The lowest BCUT2D eigenvalue weighted by atomic mass is 10.2. The summed E-state index contributed by atoms with van der Waals surface area (Å²) in [7, 11) is 0. The van der Waals surface area contributed by atoms with Crippen LogP contribution >= 0.6 is 11.6 Å². The summed E-state index contributed by atoms with van der Waals surface area (Å²) < 4.78 is 0. The van der Waals surface area contributed by atoms with Crippen molar-refractivity contribution in [3.8, 4) is 0 Å². The number of benzene rings is 2. The second-order valence-electron chi connectivity index (χ2n) is 5.20. The highest BCUT2D eigenvalue weighted by molar-refractivity contribution is 6.44. The first kappa shape index (κ1) is 16.0. The third-order valence-electron chi connectivity index (χ3n) is 3.60. The van der Waals surface area contributed by atoms with Gasteiger partial charge in [-0.2, -0.15) is 0 Å². The third-order valence-corrected chi connectivity index (χ3v) is 4.01. The van der Waals surface area contributed by atoms with E-state index in [4.69, 9.17) is 11.6 Å². The summed E-state index contributed by atoms with van der Waals surface area (Å²) in [4.78, 5) is 28.5. The first-order chi connectivity index (χ1) is 11.6. The fourth-order valence-electron chi connectivity index (χ4n) is 2.31. The number of pyridine rings is 1. The van der Waals surface area contributed by atoms with Crippen molar-refractivity contribution in [1.29, 1.82) is 0 Å². The Labute approximate surface area is 143 Å². The zero-order chi connectivity index (χ0) is 17.1. The maximum absolute atomic E-state index is 12.2. The SMILES string of the molecule is Cc1c(Cl)cccc1NC(=O)C(=O)Nc1cccc2cccnc12. The first-order valence-corrected chi connectivity index (χ1v) is 7.65. The van der Waals surface area contributed by atoms with E-state index < -0.39 is 11.8 Å². The number of anilines is 2. The van der Waals surface area contributed by atoms with Gasteiger partial charge in [0.1, 0.15) is 0 Å². The summed E-state index contributed by atoms with van der Waals surface area (Å²) in [6, 6.07) is 14.2. The highest BCUT2D eigenvalue weighted by Crippen LogP contribution is 2.23. The fraction of sp³-hybridized carbons (Fsp3) is 0.0556. The molecule has 0 bridgehead atoms. The quantitative estimate of drug-likeness (QED) is 0.698. The van der Waals surface area contributed by atoms with Crippen LogP contribution in [0.2, 0.25) is 5.02 Å². The first-order valence-electron chi connectivity index (χ1n) is 7.27. The zero-order valence-electron chi connectivity index (χ0n) is 12.8. The van der Waals surface area contributed by atoms with Gasteiger partial charge in [0.2, 0.25) is 0 Å². The maximum atomic E-state index is 12.2. The number of nitrogens with one attached hydrogen (secondary N) is 2. The van der Waals surface area contributed by atoms with Crippen LogP contribution in [0.4, 0.5) is 11.4 Å². The molecular formula is C18H14ClN3O2. The van der Waals surface area contributed by atoms with Crippen LogP contribution in [0.15, 0.2) is 54.7 Å². The number of nitrogens with zero attached hydrogens (tertiary/aromatic N) is 1. The van der Waals surface area contributed by atoms with Gasteiger partial charge in [-0.25, -0.2) is 0 Å². The number of carbonyl (C=O) groups excluding carboxylic acids is 2.